The molecule has 0 saturated carbocycles. The lowest BCUT2D eigenvalue weighted by atomic mass is 10.5. The molecule has 4 rings (SSSR count). The van der Waals surface area contributed by atoms with Crippen molar-refractivity contribution in [3.8, 4) is 0 Å². The zero-order valence-corrected chi connectivity index (χ0v) is 17.5. The van der Waals surface area contributed by atoms with E-state index in [2.05, 4.69) is 19.9 Å². The standard InChI is InChI=1S/C15H16N8O4S2/c1-20-8-6(10(24)22(3)14(20)26)16-12(18-8)28-5-29-13-17-7-9(19-13)21(2)15(27)23(4)11(7)25/h5H2,1-4H3,(H,16,18)(H,17,19). The van der Waals surface area contributed by atoms with Gasteiger partial charge in [-0.05, 0) is 0 Å². The minimum absolute atomic E-state index is 0.254. The fourth-order valence-corrected chi connectivity index (χ4v) is 4.67. The molecule has 0 radical (unpaired) electrons. The summed E-state index contributed by atoms with van der Waals surface area (Å²) in [7, 11) is 5.92. The molecule has 4 heterocycles. The first-order valence-corrected chi connectivity index (χ1v) is 10.2. The van der Waals surface area contributed by atoms with Crippen molar-refractivity contribution in [1.82, 2.24) is 38.2 Å². The average Bonchev–Trinajstić information content (AvgIpc) is 3.32. The van der Waals surface area contributed by atoms with Crippen molar-refractivity contribution >= 4 is 45.9 Å². The zero-order chi connectivity index (χ0) is 21.0. The topological polar surface area (TPSA) is 145 Å². The van der Waals surface area contributed by atoms with Crippen molar-refractivity contribution in [2.75, 3.05) is 5.08 Å². The highest BCUT2D eigenvalue weighted by molar-refractivity contribution is 8.15. The summed E-state index contributed by atoms with van der Waals surface area (Å²) in [5.74, 6) is 0. The SMILES string of the molecule is Cn1c(=O)c2[nH]c(SCSc3nc4c([nH]3)c(=O)n(C)c(=O)n4C)nc2n(C)c1=O. The van der Waals surface area contributed by atoms with Gasteiger partial charge in [-0.2, -0.15) is 0 Å². The van der Waals surface area contributed by atoms with Crippen LogP contribution in [0.3, 0.4) is 0 Å². The number of thioether (sulfide) groups is 2. The van der Waals surface area contributed by atoms with E-state index in [0.29, 0.717) is 15.4 Å². The number of imidazole rings is 2. The monoisotopic (exact) mass is 436 g/mol. The lowest BCUT2D eigenvalue weighted by molar-refractivity contribution is 0.708. The van der Waals surface area contributed by atoms with Crippen LogP contribution in [-0.2, 0) is 28.2 Å². The van der Waals surface area contributed by atoms with Gasteiger partial charge in [-0.3, -0.25) is 27.9 Å². The molecule has 0 fully saturated rings. The second-order valence-corrected chi connectivity index (χ2v) is 8.59. The van der Waals surface area contributed by atoms with Crippen LogP contribution in [0.2, 0.25) is 0 Å². The Morgan fingerprint density at radius 1 is 0.690 bits per heavy atom. The van der Waals surface area contributed by atoms with Crippen molar-refractivity contribution in [3.05, 3.63) is 41.7 Å². The summed E-state index contributed by atoms with van der Waals surface area (Å²) in [6.45, 7) is 0. The van der Waals surface area contributed by atoms with Crippen LogP contribution in [-0.4, -0.2) is 43.3 Å². The van der Waals surface area contributed by atoms with Gasteiger partial charge < -0.3 is 9.97 Å². The highest BCUT2D eigenvalue weighted by atomic mass is 32.2. The van der Waals surface area contributed by atoms with Crippen molar-refractivity contribution < 1.29 is 0 Å². The predicted molar refractivity (Wildman–Crippen MR) is 110 cm³/mol. The molecule has 4 aromatic rings. The van der Waals surface area contributed by atoms with Crippen LogP contribution >= 0.6 is 23.5 Å². The van der Waals surface area contributed by atoms with Gasteiger partial charge in [0.25, 0.3) is 11.1 Å². The van der Waals surface area contributed by atoms with Gasteiger partial charge in [-0.1, -0.05) is 23.5 Å². The highest BCUT2D eigenvalue weighted by Gasteiger charge is 2.15. The van der Waals surface area contributed by atoms with Crippen LogP contribution in [0, 0.1) is 0 Å². The molecule has 0 aromatic carbocycles. The normalized spacial score (nSPS) is 11.7. The molecule has 0 amide bonds. The molecule has 12 nitrogen and oxygen atoms in total. The molecule has 0 bridgehead atoms. The van der Waals surface area contributed by atoms with Crippen LogP contribution in [0.5, 0.6) is 0 Å². The first-order valence-electron chi connectivity index (χ1n) is 8.27. The number of nitrogens with one attached hydrogen (secondary N) is 2. The fraction of sp³-hybridized carbons (Fsp3) is 0.333. The van der Waals surface area contributed by atoms with Gasteiger partial charge >= 0.3 is 11.4 Å². The minimum Gasteiger partial charge on any atom is -0.327 e. The predicted octanol–water partition coefficient (Wildman–Crippen LogP) is -0.924. The average molecular weight is 436 g/mol. The van der Waals surface area contributed by atoms with Gasteiger partial charge in [0.15, 0.2) is 32.6 Å². The number of hydrogen-bond acceptors (Lipinski definition) is 8. The van der Waals surface area contributed by atoms with E-state index in [-0.39, 0.29) is 22.3 Å². The van der Waals surface area contributed by atoms with E-state index < -0.39 is 22.5 Å². The highest BCUT2D eigenvalue weighted by Crippen LogP contribution is 2.25. The molecule has 0 aliphatic heterocycles. The van der Waals surface area contributed by atoms with Crippen LogP contribution in [0.15, 0.2) is 29.5 Å². The van der Waals surface area contributed by atoms with Crippen LogP contribution in [0.4, 0.5) is 0 Å². The van der Waals surface area contributed by atoms with Crippen LogP contribution in [0.1, 0.15) is 0 Å². The maximum absolute atomic E-state index is 12.2. The Balaban J connectivity index is 1.60. The van der Waals surface area contributed by atoms with Gasteiger partial charge in [0, 0.05) is 28.2 Å². The summed E-state index contributed by atoms with van der Waals surface area (Å²) in [5, 5.41) is 1.41. The molecular weight excluding hydrogens is 420 g/mol. The first-order chi connectivity index (χ1) is 13.7. The third kappa shape index (κ3) is 2.95. The van der Waals surface area contributed by atoms with E-state index in [1.165, 1.54) is 46.8 Å². The van der Waals surface area contributed by atoms with E-state index in [9.17, 15) is 19.2 Å². The van der Waals surface area contributed by atoms with E-state index in [0.717, 1.165) is 9.13 Å². The Bertz CT molecular complexity index is 1400. The number of fused-ring (bicyclic) bond motifs is 2. The number of H-pyrrole nitrogens is 2. The molecule has 14 heteroatoms. The first kappa shape index (κ1) is 19.3. The minimum atomic E-state index is -0.450. The molecule has 0 unspecified atom stereocenters. The lowest BCUT2D eigenvalue weighted by Gasteiger charge is -2.00. The molecular formula is C15H16N8O4S2. The summed E-state index contributed by atoms with van der Waals surface area (Å²) >= 11 is 2.63. The van der Waals surface area contributed by atoms with Gasteiger partial charge in [0.2, 0.25) is 0 Å². The zero-order valence-electron chi connectivity index (χ0n) is 15.8. The molecule has 0 spiro atoms. The Hall–Kier alpha value is -3.00. The Morgan fingerprint density at radius 3 is 1.45 bits per heavy atom. The third-order valence-electron chi connectivity index (χ3n) is 4.54. The third-order valence-corrected chi connectivity index (χ3v) is 6.41. The maximum Gasteiger partial charge on any atom is 0.332 e. The van der Waals surface area contributed by atoms with E-state index in [1.54, 1.807) is 14.1 Å². The number of aromatic nitrogens is 8. The van der Waals surface area contributed by atoms with Crippen LogP contribution in [0.25, 0.3) is 22.3 Å². The second-order valence-electron chi connectivity index (χ2n) is 6.30. The van der Waals surface area contributed by atoms with Crippen molar-refractivity contribution in [1.29, 1.82) is 0 Å². The van der Waals surface area contributed by atoms with Gasteiger partial charge in [-0.15, -0.1) is 0 Å². The molecule has 152 valence electrons. The smallest absolute Gasteiger partial charge is 0.327 e. The van der Waals surface area contributed by atoms with Crippen molar-refractivity contribution in [3.63, 3.8) is 0 Å². The molecule has 0 saturated heterocycles. The van der Waals surface area contributed by atoms with E-state index in [4.69, 9.17) is 0 Å². The number of aryl methyl sites for hydroxylation is 2. The maximum atomic E-state index is 12.2. The van der Waals surface area contributed by atoms with E-state index >= 15 is 0 Å². The summed E-state index contributed by atoms with van der Waals surface area (Å²) in [6.07, 6.45) is 0. The Morgan fingerprint density at radius 2 is 1.07 bits per heavy atom. The number of hydrogen-bond donors (Lipinski definition) is 2. The molecule has 0 aliphatic rings. The van der Waals surface area contributed by atoms with Gasteiger partial charge in [0.05, 0.1) is 5.08 Å². The Kier molecular flexibility index (Phi) is 4.53. The van der Waals surface area contributed by atoms with E-state index in [1.807, 2.05) is 0 Å². The summed E-state index contributed by atoms with van der Waals surface area (Å²) in [6, 6.07) is 0. The molecule has 0 aliphatic carbocycles. The fourth-order valence-electron chi connectivity index (χ4n) is 2.89. The lowest BCUT2D eigenvalue weighted by Crippen LogP contribution is -2.36. The van der Waals surface area contributed by atoms with Crippen molar-refractivity contribution in [2.24, 2.45) is 28.2 Å². The summed E-state index contributed by atoms with van der Waals surface area (Å²) in [5.41, 5.74) is -0.702. The second kappa shape index (κ2) is 6.81. The number of aromatic amines is 2. The number of rotatable bonds is 4. The quantitative estimate of drug-likeness (QED) is 0.308. The molecule has 2 N–H and O–H groups in total. The molecule has 29 heavy (non-hydrogen) atoms. The van der Waals surface area contributed by atoms with Gasteiger partial charge in [-0.25, -0.2) is 19.6 Å². The summed E-state index contributed by atoms with van der Waals surface area (Å²) in [4.78, 5) is 62.9. The van der Waals surface area contributed by atoms with Gasteiger partial charge in [0.1, 0.15) is 0 Å². The molecule has 4 aromatic heterocycles. The number of nitrogens with zero attached hydrogens (tertiary/aromatic N) is 6. The summed E-state index contributed by atoms with van der Waals surface area (Å²) < 4.78 is 4.64. The molecule has 0 atom stereocenters. The Labute approximate surface area is 169 Å². The largest absolute Gasteiger partial charge is 0.332 e. The van der Waals surface area contributed by atoms with Crippen LogP contribution < -0.4 is 22.5 Å². The van der Waals surface area contributed by atoms with Crippen molar-refractivity contribution in [2.45, 2.75) is 10.3 Å².